The van der Waals surface area contributed by atoms with Crippen molar-refractivity contribution in [2.24, 2.45) is 0 Å². The van der Waals surface area contributed by atoms with Crippen molar-refractivity contribution in [3.05, 3.63) is 125 Å². The minimum atomic E-state index is -0.710. The number of anilines is 1. The third-order valence-corrected chi connectivity index (χ3v) is 5.81. The van der Waals surface area contributed by atoms with E-state index >= 15 is 0 Å². The van der Waals surface area contributed by atoms with Gasteiger partial charge in [-0.25, -0.2) is 10.3 Å². The highest BCUT2D eigenvalue weighted by Crippen LogP contribution is 2.28. The van der Waals surface area contributed by atoms with Gasteiger partial charge in [0.05, 0.1) is 13.2 Å². The number of hydroxylamine groups is 1. The van der Waals surface area contributed by atoms with Crippen LogP contribution in [-0.4, -0.2) is 30.4 Å². The van der Waals surface area contributed by atoms with Gasteiger partial charge in [-0.3, -0.25) is 25.2 Å². The van der Waals surface area contributed by atoms with Gasteiger partial charge in [-0.2, -0.15) is 0 Å². The summed E-state index contributed by atoms with van der Waals surface area (Å²) in [5.41, 5.74) is 6.21. The molecule has 0 radical (unpaired) electrons. The molecule has 202 valence electrons. The van der Waals surface area contributed by atoms with Crippen molar-refractivity contribution in [2.45, 2.75) is 13.5 Å². The number of rotatable bonds is 9. The second-order valence-electron chi connectivity index (χ2n) is 8.55. The van der Waals surface area contributed by atoms with Crippen LogP contribution in [0.3, 0.4) is 0 Å². The Balaban J connectivity index is 1.48. The molecule has 40 heavy (non-hydrogen) atoms. The van der Waals surface area contributed by atoms with Crippen LogP contribution < -0.4 is 16.1 Å². The highest BCUT2D eigenvalue weighted by molar-refractivity contribution is 6.11. The van der Waals surface area contributed by atoms with E-state index in [-0.39, 0.29) is 25.0 Å². The topological polar surface area (TPSA) is 130 Å². The molecule has 9 heteroatoms. The number of carbonyl (C=O) groups is 3. The summed E-state index contributed by atoms with van der Waals surface area (Å²) in [6.45, 7) is 2.08. The predicted octanol–water partition coefficient (Wildman–Crippen LogP) is 5.54. The summed E-state index contributed by atoms with van der Waals surface area (Å²) in [7, 11) is 0. The highest BCUT2D eigenvalue weighted by Gasteiger charge is 2.18. The van der Waals surface area contributed by atoms with Gasteiger partial charge in [0.15, 0.2) is 0 Å². The van der Waals surface area contributed by atoms with Crippen LogP contribution in [0.25, 0.3) is 11.1 Å². The van der Waals surface area contributed by atoms with Crippen LogP contribution in [0, 0.1) is 5.41 Å². The van der Waals surface area contributed by atoms with Crippen LogP contribution in [0.5, 0.6) is 0 Å². The monoisotopic (exact) mass is 536 g/mol. The number of ether oxygens (including phenoxy) is 1. The summed E-state index contributed by atoms with van der Waals surface area (Å²) in [5, 5.41) is 13.2. The fourth-order valence-corrected chi connectivity index (χ4v) is 3.91. The average molecular weight is 537 g/mol. The van der Waals surface area contributed by atoms with E-state index in [1.165, 1.54) is 0 Å². The lowest BCUT2D eigenvalue weighted by Crippen LogP contribution is -2.31. The molecule has 0 aliphatic carbocycles. The molecule has 0 aliphatic heterocycles. The lowest BCUT2D eigenvalue weighted by Gasteiger charge is -2.14. The number of hydrogen-bond donors (Lipinski definition) is 4. The maximum absolute atomic E-state index is 13.3. The molecule has 3 amide bonds. The highest BCUT2D eigenvalue weighted by atomic mass is 16.6. The Hall–Kier alpha value is -5.28. The maximum atomic E-state index is 13.3. The first-order valence-corrected chi connectivity index (χ1v) is 12.5. The Morgan fingerprint density at radius 3 is 1.93 bits per heavy atom. The van der Waals surface area contributed by atoms with Gasteiger partial charge in [-0.1, -0.05) is 66.7 Å². The normalized spacial score (nSPS) is 10.3. The first-order chi connectivity index (χ1) is 19.5. The van der Waals surface area contributed by atoms with Gasteiger partial charge in [0, 0.05) is 22.4 Å². The summed E-state index contributed by atoms with van der Waals surface area (Å²) in [4.78, 5) is 43.3. The zero-order valence-corrected chi connectivity index (χ0v) is 21.8. The van der Waals surface area contributed by atoms with E-state index in [9.17, 15) is 14.4 Å². The van der Waals surface area contributed by atoms with Crippen LogP contribution in [0.2, 0.25) is 0 Å². The largest absolute Gasteiger partial charge is 0.450 e. The van der Waals surface area contributed by atoms with E-state index in [4.69, 9.17) is 15.0 Å². The number of benzene rings is 4. The van der Waals surface area contributed by atoms with Crippen LogP contribution >= 0.6 is 0 Å². The Bertz CT molecular complexity index is 1500. The van der Waals surface area contributed by atoms with E-state index < -0.39 is 12.0 Å². The molecule has 0 fully saturated rings. The SMILES string of the molecule is CCOC(=O)NC(=N)c1ccc(NC(=O)c2ccccc2-c2ccccc2C(=O)NOCc2ccccc2)cc1. The fraction of sp³-hybridized carbons (Fsp3) is 0.0968. The Morgan fingerprint density at radius 1 is 0.725 bits per heavy atom. The second kappa shape index (κ2) is 13.5. The standard InChI is InChI=1S/C31H28N4O5/c1-2-39-31(38)34-28(32)22-16-18-23(19-17-22)33-29(36)26-14-8-6-12-24(26)25-13-7-9-15-27(25)30(37)35-40-20-21-10-4-3-5-11-21/h3-19H,2,20H2,1H3,(H,33,36)(H,35,37)(H2,32,34,38). The first kappa shape index (κ1) is 27.7. The van der Waals surface area contributed by atoms with Gasteiger partial charge < -0.3 is 10.1 Å². The summed E-state index contributed by atoms with van der Waals surface area (Å²) >= 11 is 0. The van der Waals surface area contributed by atoms with Gasteiger partial charge in [0.2, 0.25) is 0 Å². The predicted molar refractivity (Wildman–Crippen MR) is 152 cm³/mol. The molecule has 0 atom stereocenters. The Kier molecular flexibility index (Phi) is 9.36. The molecule has 4 aromatic carbocycles. The molecule has 0 heterocycles. The van der Waals surface area contributed by atoms with Crippen molar-refractivity contribution in [3.8, 4) is 11.1 Å². The molecule has 9 nitrogen and oxygen atoms in total. The van der Waals surface area contributed by atoms with Gasteiger partial charge in [0.1, 0.15) is 5.84 Å². The van der Waals surface area contributed by atoms with Crippen molar-refractivity contribution < 1.29 is 24.0 Å². The van der Waals surface area contributed by atoms with Gasteiger partial charge in [-0.15, -0.1) is 0 Å². The molecule has 0 saturated heterocycles. The van der Waals surface area contributed by atoms with Gasteiger partial charge in [0.25, 0.3) is 11.8 Å². The molecule has 0 saturated carbocycles. The minimum Gasteiger partial charge on any atom is -0.450 e. The molecular formula is C31H28N4O5. The Morgan fingerprint density at radius 2 is 1.30 bits per heavy atom. The van der Waals surface area contributed by atoms with E-state index in [2.05, 4.69) is 16.1 Å². The lowest BCUT2D eigenvalue weighted by atomic mass is 9.94. The molecular weight excluding hydrogens is 508 g/mol. The van der Waals surface area contributed by atoms with Crippen molar-refractivity contribution >= 4 is 29.4 Å². The average Bonchev–Trinajstić information content (AvgIpc) is 2.98. The van der Waals surface area contributed by atoms with E-state index in [1.807, 2.05) is 30.3 Å². The molecule has 0 aliphatic rings. The zero-order valence-electron chi connectivity index (χ0n) is 21.8. The maximum Gasteiger partial charge on any atom is 0.412 e. The van der Waals surface area contributed by atoms with Crippen molar-refractivity contribution in [2.75, 3.05) is 11.9 Å². The molecule has 0 spiro atoms. The number of nitrogens with one attached hydrogen (secondary N) is 4. The van der Waals surface area contributed by atoms with Crippen molar-refractivity contribution in [1.82, 2.24) is 10.8 Å². The summed E-state index contributed by atoms with van der Waals surface area (Å²) in [6, 6.07) is 29.9. The lowest BCUT2D eigenvalue weighted by molar-refractivity contribution is 0.0234. The summed E-state index contributed by atoms with van der Waals surface area (Å²) in [5.74, 6) is -0.931. The number of carbonyl (C=O) groups excluding carboxylic acids is 3. The van der Waals surface area contributed by atoms with Crippen LogP contribution in [0.4, 0.5) is 10.5 Å². The molecule has 4 N–H and O–H groups in total. The second-order valence-corrected chi connectivity index (χ2v) is 8.55. The number of alkyl carbamates (subject to hydrolysis) is 1. The quantitative estimate of drug-likeness (QED) is 0.127. The smallest absolute Gasteiger partial charge is 0.412 e. The first-order valence-electron chi connectivity index (χ1n) is 12.5. The molecule has 0 bridgehead atoms. The minimum absolute atomic E-state index is 0.121. The third kappa shape index (κ3) is 7.18. The number of hydrogen-bond acceptors (Lipinski definition) is 6. The van der Waals surface area contributed by atoms with Gasteiger partial charge >= 0.3 is 6.09 Å². The molecule has 4 rings (SSSR count). The molecule has 0 aromatic heterocycles. The van der Waals surface area contributed by atoms with Crippen molar-refractivity contribution in [1.29, 1.82) is 5.41 Å². The number of amidine groups is 1. The van der Waals surface area contributed by atoms with E-state index in [0.717, 1.165) is 5.56 Å². The number of amides is 3. The van der Waals surface area contributed by atoms with E-state index in [0.29, 0.717) is 33.5 Å². The van der Waals surface area contributed by atoms with Crippen LogP contribution in [0.15, 0.2) is 103 Å². The fourth-order valence-electron chi connectivity index (χ4n) is 3.91. The van der Waals surface area contributed by atoms with Crippen molar-refractivity contribution in [3.63, 3.8) is 0 Å². The summed E-state index contributed by atoms with van der Waals surface area (Å²) < 4.78 is 4.79. The van der Waals surface area contributed by atoms with Crippen LogP contribution in [0.1, 0.15) is 38.8 Å². The van der Waals surface area contributed by atoms with E-state index in [1.54, 1.807) is 79.7 Å². The Labute approximate surface area is 231 Å². The summed E-state index contributed by atoms with van der Waals surface area (Å²) in [6.07, 6.45) is -0.710. The van der Waals surface area contributed by atoms with Crippen LogP contribution in [-0.2, 0) is 16.2 Å². The molecule has 4 aromatic rings. The third-order valence-electron chi connectivity index (χ3n) is 5.81. The molecule has 0 unspecified atom stereocenters. The zero-order chi connectivity index (χ0) is 28.3. The van der Waals surface area contributed by atoms with Gasteiger partial charge in [-0.05, 0) is 60.0 Å².